The van der Waals surface area contributed by atoms with Gasteiger partial charge in [0.1, 0.15) is 0 Å². The predicted molar refractivity (Wildman–Crippen MR) is 47.9 cm³/mol. The van der Waals surface area contributed by atoms with Gasteiger partial charge < -0.3 is 0 Å². The van der Waals surface area contributed by atoms with Crippen molar-refractivity contribution in [3.05, 3.63) is 0 Å². The zero-order valence-electron chi connectivity index (χ0n) is 7.41. The number of sulfone groups is 1. The van der Waals surface area contributed by atoms with Gasteiger partial charge in [-0.05, 0) is 26.3 Å². The Morgan fingerprint density at radius 2 is 2.08 bits per heavy atom. The highest BCUT2D eigenvalue weighted by molar-refractivity contribution is 7.91. The lowest BCUT2D eigenvalue weighted by Crippen LogP contribution is -2.53. The van der Waals surface area contributed by atoms with Crippen LogP contribution in [0.25, 0.3) is 0 Å². The first kappa shape index (κ1) is 8.51. The van der Waals surface area contributed by atoms with Crippen molar-refractivity contribution in [3.8, 4) is 0 Å². The normalized spacial score (nSPS) is 41.1. The molecule has 0 amide bonds. The van der Waals surface area contributed by atoms with Gasteiger partial charge in [0.25, 0.3) is 0 Å². The van der Waals surface area contributed by atoms with E-state index in [1.807, 2.05) is 0 Å². The van der Waals surface area contributed by atoms with Crippen LogP contribution in [0.5, 0.6) is 0 Å². The second kappa shape index (κ2) is 2.45. The van der Waals surface area contributed by atoms with Crippen LogP contribution in [0.15, 0.2) is 0 Å². The van der Waals surface area contributed by atoms with Gasteiger partial charge in [-0.3, -0.25) is 4.90 Å². The van der Waals surface area contributed by atoms with E-state index in [9.17, 15) is 8.42 Å². The van der Waals surface area contributed by atoms with Gasteiger partial charge in [0, 0.05) is 12.1 Å². The Morgan fingerprint density at radius 1 is 1.33 bits per heavy atom. The number of nitrogens with zero attached hydrogens (tertiary/aromatic N) is 1. The third kappa shape index (κ3) is 1.27. The van der Waals surface area contributed by atoms with Crippen LogP contribution in [0.1, 0.15) is 19.8 Å². The van der Waals surface area contributed by atoms with Crippen LogP contribution >= 0.6 is 0 Å². The molecule has 1 unspecified atom stereocenters. The Morgan fingerprint density at radius 3 is 2.83 bits per heavy atom. The Kier molecular flexibility index (Phi) is 1.74. The van der Waals surface area contributed by atoms with E-state index < -0.39 is 9.84 Å². The molecule has 0 aromatic heterocycles. The van der Waals surface area contributed by atoms with Gasteiger partial charge in [0.15, 0.2) is 9.84 Å². The van der Waals surface area contributed by atoms with Crippen LogP contribution < -0.4 is 0 Å². The van der Waals surface area contributed by atoms with E-state index >= 15 is 0 Å². The van der Waals surface area contributed by atoms with Crippen molar-refractivity contribution < 1.29 is 8.42 Å². The maximum absolute atomic E-state index is 11.4. The highest BCUT2D eigenvalue weighted by Gasteiger charge is 2.43. The Bertz CT molecular complexity index is 285. The van der Waals surface area contributed by atoms with Gasteiger partial charge in [0.2, 0.25) is 0 Å². The summed E-state index contributed by atoms with van der Waals surface area (Å²) in [4.78, 5) is 2.33. The van der Waals surface area contributed by atoms with Gasteiger partial charge in [-0.1, -0.05) is 0 Å². The van der Waals surface area contributed by atoms with Crippen LogP contribution in [0.3, 0.4) is 0 Å². The van der Waals surface area contributed by atoms with E-state index in [0.717, 1.165) is 25.9 Å². The fourth-order valence-corrected chi connectivity index (χ4v) is 4.34. The second-order valence-corrected chi connectivity index (χ2v) is 6.36. The van der Waals surface area contributed by atoms with E-state index in [-0.39, 0.29) is 5.54 Å². The summed E-state index contributed by atoms with van der Waals surface area (Å²) in [7, 11) is -2.74. The van der Waals surface area contributed by atoms with E-state index in [1.165, 1.54) is 0 Å². The smallest absolute Gasteiger partial charge is 0.153 e. The molecule has 1 atom stereocenters. The summed E-state index contributed by atoms with van der Waals surface area (Å²) < 4.78 is 22.7. The summed E-state index contributed by atoms with van der Waals surface area (Å²) >= 11 is 0. The fraction of sp³-hybridized carbons (Fsp3) is 1.00. The maximum atomic E-state index is 11.4. The molecule has 0 spiro atoms. The molecule has 2 fully saturated rings. The van der Waals surface area contributed by atoms with Crippen molar-refractivity contribution in [3.63, 3.8) is 0 Å². The largest absolute Gasteiger partial charge is 0.296 e. The fourth-order valence-electron chi connectivity index (χ4n) is 2.42. The van der Waals surface area contributed by atoms with Crippen LogP contribution in [0, 0.1) is 0 Å². The average Bonchev–Trinajstić information content (AvgIpc) is 2.26. The number of rotatable bonds is 0. The van der Waals surface area contributed by atoms with Crippen LogP contribution in [0.4, 0.5) is 0 Å². The molecule has 0 saturated carbocycles. The predicted octanol–water partition coefficient (Wildman–Crippen LogP) is 0.269. The molecular weight excluding hydrogens is 174 g/mol. The van der Waals surface area contributed by atoms with Crippen molar-refractivity contribution in [2.75, 3.05) is 24.6 Å². The maximum Gasteiger partial charge on any atom is 0.153 e. The third-order valence-corrected chi connectivity index (χ3v) is 4.98. The molecule has 0 aromatic carbocycles. The van der Waals surface area contributed by atoms with Crippen molar-refractivity contribution >= 4 is 9.84 Å². The molecule has 0 N–H and O–H groups in total. The number of hydrogen-bond donors (Lipinski definition) is 0. The minimum atomic E-state index is -2.74. The summed E-state index contributed by atoms with van der Waals surface area (Å²) in [5, 5.41) is 0. The summed E-state index contributed by atoms with van der Waals surface area (Å²) in [6, 6.07) is 0. The SMILES string of the molecule is CC12CCCN1CCS(=O)(=O)C2. The molecule has 2 saturated heterocycles. The topological polar surface area (TPSA) is 37.4 Å². The Labute approximate surface area is 73.7 Å². The zero-order valence-corrected chi connectivity index (χ0v) is 8.23. The molecule has 4 heteroatoms. The lowest BCUT2D eigenvalue weighted by atomic mass is 10.0. The summed E-state index contributed by atoms with van der Waals surface area (Å²) in [5.74, 6) is 0.739. The molecule has 70 valence electrons. The summed E-state index contributed by atoms with van der Waals surface area (Å²) in [6.45, 7) is 3.92. The summed E-state index contributed by atoms with van der Waals surface area (Å²) in [6.07, 6.45) is 2.21. The minimum absolute atomic E-state index is 0.0307. The average molecular weight is 189 g/mol. The van der Waals surface area contributed by atoms with Crippen LogP contribution in [-0.2, 0) is 9.84 Å². The molecular formula is C8H15NO2S. The van der Waals surface area contributed by atoms with Crippen molar-refractivity contribution in [2.24, 2.45) is 0 Å². The highest BCUT2D eigenvalue weighted by Crippen LogP contribution is 2.32. The number of hydrogen-bond acceptors (Lipinski definition) is 3. The monoisotopic (exact) mass is 189 g/mol. The van der Waals surface area contributed by atoms with Gasteiger partial charge >= 0.3 is 0 Å². The third-order valence-electron chi connectivity index (χ3n) is 3.11. The zero-order chi connectivity index (χ0) is 8.82. The van der Waals surface area contributed by atoms with E-state index in [2.05, 4.69) is 11.8 Å². The molecule has 0 aromatic rings. The Hall–Kier alpha value is -0.0900. The Balaban J connectivity index is 2.26. The van der Waals surface area contributed by atoms with E-state index in [4.69, 9.17) is 0 Å². The van der Waals surface area contributed by atoms with Gasteiger partial charge in [-0.25, -0.2) is 8.42 Å². The van der Waals surface area contributed by atoms with Gasteiger partial charge in [-0.15, -0.1) is 0 Å². The molecule has 2 rings (SSSR count). The molecule has 3 nitrogen and oxygen atoms in total. The summed E-state index contributed by atoms with van der Waals surface area (Å²) in [5.41, 5.74) is -0.0307. The highest BCUT2D eigenvalue weighted by atomic mass is 32.2. The minimum Gasteiger partial charge on any atom is -0.296 e. The first-order valence-electron chi connectivity index (χ1n) is 4.47. The molecule has 0 bridgehead atoms. The van der Waals surface area contributed by atoms with Crippen molar-refractivity contribution in [2.45, 2.75) is 25.3 Å². The first-order chi connectivity index (χ1) is 5.52. The lowest BCUT2D eigenvalue weighted by Gasteiger charge is -2.38. The standard InChI is InChI=1S/C8H15NO2S/c1-8-3-2-4-9(8)5-6-12(10,11)7-8/h2-7H2,1H3. The molecule has 0 aliphatic carbocycles. The van der Waals surface area contributed by atoms with Crippen LogP contribution in [0.2, 0.25) is 0 Å². The number of fused-ring (bicyclic) bond motifs is 1. The molecule has 12 heavy (non-hydrogen) atoms. The molecule has 2 aliphatic heterocycles. The first-order valence-corrected chi connectivity index (χ1v) is 6.30. The van der Waals surface area contributed by atoms with Crippen LogP contribution in [-0.4, -0.2) is 43.5 Å². The van der Waals surface area contributed by atoms with E-state index in [1.54, 1.807) is 0 Å². The lowest BCUT2D eigenvalue weighted by molar-refractivity contribution is 0.178. The van der Waals surface area contributed by atoms with Gasteiger partial charge in [0.05, 0.1) is 11.5 Å². The second-order valence-electron chi connectivity index (χ2n) is 4.18. The van der Waals surface area contributed by atoms with Gasteiger partial charge in [-0.2, -0.15) is 0 Å². The van der Waals surface area contributed by atoms with Crippen molar-refractivity contribution in [1.29, 1.82) is 0 Å². The quantitative estimate of drug-likeness (QED) is 0.549. The molecule has 2 heterocycles. The van der Waals surface area contributed by atoms with E-state index in [0.29, 0.717) is 11.5 Å². The molecule has 2 aliphatic rings. The molecule has 0 radical (unpaired) electrons. The van der Waals surface area contributed by atoms with Crippen molar-refractivity contribution in [1.82, 2.24) is 4.90 Å².